The number of hydrogen-bond donors (Lipinski definition) is 1. The molecule has 0 spiro atoms. The van der Waals surface area contributed by atoms with Crippen LogP contribution in [0.5, 0.6) is 0 Å². The van der Waals surface area contributed by atoms with Gasteiger partial charge in [0, 0.05) is 5.56 Å². The third-order valence-corrected chi connectivity index (χ3v) is 3.61. The molecule has 0 unspecified atom stereocenters. The maximum absolute atomic E-state index is 11.9. The van der Waals surface area contributed by atoms with Gasteiger partial charge in [0.1, 0.15) is 5.25 Å². The fourth-order valence-corrected chi connectivity index (χ4v) is 2.30. The number of benzene rings is 1. The van der Waals surface area contributed by atoms with Crippen molar-refractivity contribution in [2.45, 2.75) is 23.9 Å². The highest BCUT2D eigenvalue weighted by Gasteiger charge is 2.18. The number of carbonyl (C=O) groups excluding carboxylic acids is 2. The minimum absolute atomic E-state index is 0.119. The number of nitrogens with one attached hydrogen (secondary N) is 1. The summed E-state index contributed by atoms with van der Waals surface area (Å²) in [7, 11) is 1.32. The van der Waals surface area contributed by atoms with Gasteiger partial charge in [0.15, 0.2) is 0 Å². The van der Waals surface area contributed by atoms with Crippen molar-refractivity contribution in [2.24, 2.45) is 0 Å². The number of thioether (sulfide) groups is 1. The van der Waals surface area contributed by atoms with Crippen molar-refractivity contribution in [2.75, 3.05) is 7.11 Å². The topological polar surface area (TPSA) is 94.3 Å². The highest BCUT2D eigenvalue weighted by atomic mass is 32.2. The third-order valence-electron chi connectivity index (χ3n) is 2.70. The van der Waals surface area contributed by atoms with Crippen LogP contribution in [-0.4, -0.2) is 34.4 Å². The normalized spacial score (nSPS) is 11.7. The second kappa shape index (κ2) is 7.60. The van der Waals surface area contributed by atoms with Gasteiger partial charge in [-0.05, 0) is 19.1 Å². The van der Waals surface area contributed by atoms with Crippen LogP contribution in [0.4, 0.5) is 0 Å². The van der Waals surface area contributed by atoms with Crippen LogP contribution in [0.3, 0.4) is 0 Å². The molecule has 0 fully saturated rings. The van der Waals surface area contributed by atoms with Crippen molar-refractivity contribution in [3.8, 4) is 0 Å². The molecule has 1 aromatic heterocycles. The first kappa shape index (κ1) is 16.0. The molecule has 0 bridgehead atoms. The lowest BCUT2D eigenvalue weighted by Gasteiger charge is -2.04. The smallest absolute Gasteiger partial charge is 0.319 e. The fraction of sp³-hybridized carbons (Fsp3) is 0.286. The van der Waals surface area contributed by atoms with Gasteiger partial charge in [-0.15, -0.1) is 10.2 Å². The first-order valence-electron chi connectivity index (χ1n) is 6.50. The van der Waals surface area contributed by atoms with E-state index in [2.05, 4.69) is 20.3 Å². The Morgan fingerprint density at radius 2 is 2.05 bits per heavy atom. The summed E-state index contributed by atoms with van der Waals surface area (Å²) in [6.07, 6.45) is 0. The molecule has 116 valence electrons. The summed E-state index contributed by atoms with van der Waals surface area (Å²) in [5.41, 5.74) is 0.552. The molecule has 8 heteroatoms. The largest absolute Gasteiger partial charge is 0.468 e. The Hall–Kier alpha value is -2.35. The lowest BCUT2D eigenvalue weighted by atomic mass is 10.2. The van der Waals surface area contributed by atoms with Crippen LogP contribution >= 0.6 is 11.8 Å². The molecule has 1 amide bonds. The molecule has 2 aromatic rings. The summed E-state index contributed by atoms with van der Waals surface area (Å²) in [6.45, 7) is 1.80. The van der Waals surface area contributed by atoms with Crippen molar-refractivity contribution in [3.63, 3.8) is 0 Å². The van der Waals surface area contributed by atoms with E-state index < -0.39 is 5.25 Å². The zero-order valence-corrected chi connectivity index (χ0v) is 12.9. The van der Waals surface area contributed by atoms with Crippen LogP contribution in [0.15, 0.2) is 40.0 Å². The predicted octanol–water partition coefficient (Wildman–Crippen LogP) is 1.65. The Morgan fingerprint density at radius 3 is 2.73 bits per heavy atom. The summed E-state index contributed by atoms with van der Waals surface area (Å²) in [4.78, 5) is 23.2. The first-order valence-corrected chi connectivity index (χ1v) is 7.38. The van der Waals surface area contributed by atoms with E-state index in [0.717, 1.165) is 11.8 Å². The van der Waals surface area contributed by atoms with Gasteiger partial charge in [0.25, 0.3) is 11.1 Å². The lowest BCUT2D eigenvalue weighted by Crippen LogP contribution is -2.22. The number of methoxy groups -OCH3 is 1. The average Bonchev–Trinajstić information content (AvgIpc) is 3.00. The first-order chi connectivity index (χ1) is 10.6. The van der Waals surface area contributed by atoms with Crippen LogP contribution in [0.2, 0.25) is 0 Å². The molecule has 0 aliphatic carbocycles. The van der Waals surface area contributed by atoms with Gasteiger partial charge in [-0.3, -0.25) is 9.59 Å². The van der Waals surface area contributed by atoms with Crippen LogP contribution in [0, 0.1) is 0 Å². The molecule has 1 heterocycles. The Bertz CT molecular complexity index is 645. The fourth-order valence-electron chi connectivity index (χ4n) is 1.57. The minimum atomic E-state index is -0.447. The molecular formula is C14H15N3O4S. The summed E-state index contributed by atoms with van der Waals surface area (Å²) in [5.74, 6) is -0.332. The molecule has 1 atom stereocenters. The lowest BCUT2D eigenvalue weighted by molar-refractivity contribution is -0.139. The molecule has 1 N–H and O–H groups in total. The van der Waals surface area contributed by atoms with E-state index in [1.54, 1.807) is 31.2 Å². The van der Waals surface area contributed by atoms with E-state index in [-0.39, 0.29) is 29.5 Å². The molecule has 2 rings (SSSR count). The van der Waals surface area contributed by atoms with E-state index in [4.69, 9.17) is 4.42 Å². The molecule has 0 radical (unpaired) electrons. The quantitative estimate of drug-likeness (QED) is 0.638. The van der Waals surface area contributed by atoms with Gasteiger partial charge in [0.05, 0.1) is 13.7 Å². The van der Waals surface area contributed by atoms with Crippen molar-refractivity contribution < 1.29 is 18.7 Å². The molecule has 0 aliphatic rings. The molecule has 1 aromatic carbocycles. The number of hydrogen-bond acceptors (Lipinski definition) is 7. The van der Waals surface area contributed by atoms with Crippen LogP contribution < -0.4 is 5.32 Å². The summed E-state index contributed by atoms with van der Waals surface area (Å²) in [5, 5.41) is 10.1. The van der Waals surface area contributed by atoms with Gasteiger partial charge in [-0.1, -0.05) is 30.0 Å². The number of nitrogens with zero attached hydrogens (tertiary/aromatic N) is 2. The van der Waals surface area contributed by atoms with Crippen LogP contribution in [0.1, 0.15) is 23.2 Å². The SMILES string of the molecule is COC(=O)[C@@H](C)Sc1nnc(CNC(=O)c2ccccc2)o1. The van der Waals surface area contributed by atoms with Gasteiger partial charge in [0.2, 0.25) is 5.89 Å². The van der Waals surface area contributed by atoms with Crippen molar-refractivity contribution in [1.82, 2.24) is 15.5 Å². The standard InChI is InChI=1S/C14H15N3O4S/c1-9(13(19)20-2)22-14-17-16-11(21-14)8-15-12(18)10-6-4-3-5-7-10/h3-7,9H,8H2,1-2H3,(H,15,18)/t9-/m1/s1. The summed E-state index contributed by atoms with van der Waals surface area (Å²) < 4.78 is 9.97. The molecule has 7 nitrogen and oxygen atoms in total. The Morgan fingerprint density at radius 1 is 1.32 bits per heavy atom. The number of esters is 1. The summed E-state index contributed by atoms with van der Waals surface area (Å²) >= 11 is 1.10. The van der Waals surface area contributed by atoms with Crippen LogP contribution in [-0.2, 0) is 16.1 Å². The zero-order valence-electron chi connectivity index (χ0n) is 12.1. The number of aromatic nitrogens is 2. The van der Waals surface area contributed by atoms with Crippen molar-refractivity contribution in [3.05, 3.63) is 41.8 Å². The van der Waals surface area contributed by atoms with E-state index in [1.807, 2.05) is 6.07 Å². The van der Waals surface area contributed by atoms with Gasteiger partial charge < -0.3 is 14.5 Å². The Labute approximate surface area is 131 Å². The van der Waals surface area contributed by atoms with E-state index in [0.29, 0.717) is 5.56 Å². The molecular weight excluding hydrogens is 306 g/mol. The van der Waals surface area contributed by atoms with Gasteiger partial charge >= 0.3 is 5.97 Å². The van der Waals surface area contributed by atoms with E-state index in [9.17, 15) is 9.59 Å². The predicted molar refractivity (Wildman–Crippen MR) is 79.2 cm³/mol. The second-order valence-electron chi connectivity index (χ2n) is 4.29. The number of amides is 1. The summed E-state index contributed by atoms with van der Waals surface area (Å²) in [6, 6.07) is 8.82. The number of rotatable bonds is 6. The Balaban J connectivity index is 1.87. The maximum Gasteiger partial charge on any atom is 0.319 e. The number of carbonyl (C=O) groups is 2. The van der Waals surface area contributed by atoms with Crippen LogP contribution in [0.25, 0.3) is 0 Å². The molecule has 0 aliphatic heterocycles. The molecule has 0 saturated heterocycles. The average molecular weight is 321 g/mol. The zero-order chi connectivity index (χ0) is 15.9. The highest BCUT2D eigenvalue weighted by Crippen LogP contribution is 2.22. The van der Waals surface area contributed by atoms with E-state index >= 15 is 0 Å². The van der Waals surface area contributed by atoms with Crippen molar-refractivity contribution in [1.29, 1.82) is 0 Å². The monoisotopic (exact) mass is 321 g/mol. The Kier molecular flexibility index (Phi) is 5.54. The third kappa shape index (κ3) is 4.32. The van der Waals surface area contributed by atoms with Gasteiger partial charge in [-0.2, -0.15) is 0 Å². The minimum Gasteiger partial charge on any atom is -0.468 e. The highest BCUT2D eigenvalue weighted by molar-refractivity contribution is 8.00. The van der Waals surface area contributed by atoms with E-state index in [1.165, 1.54) is 7.11 Å². The maximum atomic E-state index is 11.9. The van der Waals surface area contributed by atoms with Crippen molar-refractivity contribution >= 4 is 23.6 Å². The molecule has 22 heavy (non-hydrogen) atoms. The number of ether oxygens (including phenoxy) is 1. The van der Waals surface area contributed by atoms with Gasteiger partial charge in [-0.25, -0.2) is 0 Å². The second-order valence-corrected chi connectivity index (χ2v) is 5.59. The molecule has 0 saturated carbocycles.